The van der Waals surface area contributed by atoms with Gasteiger partial charge in [0.1, 0.15) is 5.76 Å². The van der Waals surface area contributed by atoms with Gasteiger partial charge in [-0.25, -0.2) is 0 Å². The lowest BCUT2D eigenvalue weighted by atomic mass is 9.90. The molecular weight excluding hydrogens is 356 g/mol. The zero-order valence-corrected chi connectivity index (χ0v) is 18.3. The zero-order valence-electron chi connectivity index (χ0n) is 18.3. The molecule has 2 aromatic rings. The third kappa shape index (κ3) is 4.45. The Hall–Kier alpha value is -2.81. The molecule has 3 nitrogen and oxygen atoms in total. The summed E-state index contributed by atoms with van der Waals surface area (Å²) in [6.45, 7) is 18.8. The molecule has 0 amide bonds. The van der Waals surface area contributed by atoms with Crippen molar-refractivity contribution in [1.29, 1.82) is 0 Å². The van der Waals surface area contributed by atoms with E-state index in [9.17, 15) is 0 Å². The van der Waals surface area contributed by atoms with E-state index < -0.39 is 0 Å². The number of hydrogen-bond acceptors (Lipinski definition) is 3. The fourth-order valence-corrected chi connectivity index (χ4v) is 3.82. The van der Waals surface area contributed by atoms with Crippen LogP contribution in [-0.4, -0.2) is 11.2 Å². The molecule has 0 aliphatic heterocycles. The highest BCUT2D eigenvalue weighted by molar-refractivity contribution is 5.87. The van der Waals surface area contributed by atoms with Gasteiger partial charge in [-0.2, -0.15) is 0 Å². The molecule has 3 rings (SSSR count). The fraction of sp³-hybridized carbons (Fsp3) is 0.346. The molecule has 1 aromatic heterocycles. The van der Waals surface area contributed by atoms with Crippen LogP contribution >= 0.6 is 0 Å². The molecule has 0 spiro atoms. The molecule has 29 heavy (non-hydrogen) atoms. The maximum absolute atomic E-state index is 5.44. The normalized spacial score (nSPS) is 15.6. The standard InChI is InChI=1S/C26H32N2O/c1-8-10-11-21(9-2)16(3)24-14-23(26-19(6)28-29-20(26)7)15-25(17(24)4)27-18(5)22-12-13-22/h8-11,14-15,18,22,27H,2-3,12-13H2,1,4-7H3. The van der Waals surface area contributed by atoms with Gasteiger partial charge in [-0.1, -0.05) is 42.6 Å². The lowest BCUT2D eigenvalue weighted by Crippen LogP contribution is -2.18. The maximum Gasteiger partial charge on any atom is 0.141 e. The predicted molar refractivity (Wildman–Crippen MR) is 124 cm³/mol. The lowest BCUT2D eigenvalue weighted by molar-refractivity contribution is 0.393. The largest absolute Gasteiger partial charge is 0.382 e. The van der Waals surface area contributed by atoms with E-state index in [1.54, 1.807) is 0 Å². The number of rotatable bonds is 8. The average Bonchev–Trinajstić information content (AvgIpc) is 3.49. The summed E-state index contributed by atoms with van der Waals surface area (Å²) in [5.41, 5.74) is 8.50. The first-order chi connectivity index (χ1) is 13.9. The van der Waals surface area contributed by atoms with Crippen LogP contribution < -0.4 is 5.32 Å². The third-order valence-electron chi connectivity index (χ3n) is 5.80. The van der Waals surface area contributed by atoms with Gasteiger partial charge in [0.15, 0.2) is 0 Å². The van der Waals surface area contributed by atoms with E-state index in [1.807, 2.05) is 39.0 Å². The van der Waals surface area contributed by atoms with Gasteiger partial charge in [0.25, 0.3) is 0 Å². The monoisotopic (exact) mass is 388 g/mol. The van der Waals surface area contributed by atoms with Crippen LogP contribution in [-0.2, 0) is 0 Å². The molecule has 3 heteroatoms. The highest BCUT2D eigenvalue weighted by atomic mass is 16.5. The Morgan fingerprint density at radius 2 is 2.00 bits per heavy atom. The Bertz CT molecular complexity index is 967. The van der Waals surface area contributed by atoms with E-state index in [0.29, 0.717) is 6.04 Å². The second kappa shape index (κ2) is 8.69. The molecule has 1 unspecified atom stereocenters. The van der Waals surface area contributed by atoms with Gasteiger partial charge in [0.05, 0.1) is 5.69 Å². The van der Waals surface area contributed by atoms with Crippen LogP contribution in [0.15, 0.2) is 59.7 Å². The molecule has 0 bridgehead atoms. The Kier molecular flexibility index (Phi) is 6.26. The summed E-state index contributed by atoms with van der Waals surface area (Å²) in [6.07, 6.45) is 10.6. The second-order valence-corrected chi connectivity index (χ2v) is 8.00. The molecule has 1 heterocycles. The fourth-order valence-electron chi connectivity index (χ4n) is 3.82. The van der Waals surface area contributed by atoms with Gasteiger partial charge in [0.2, 0.25) is 0 Å². The van der Waals surface area contributed by atoms with Gasteiger partial charge >= 0.3 is 0 Å². The van der Waals surface area contributed by atoms with Crippen molar-refractivity contribution in [1.82, 2.24) is 5.16 Å². The first kappa shape index (κ1) is 20.9. The van der Waals surface area contributed by atoms with Crippen LogP contribution in [0.2, 0.25) is 0 Å². The van der Waals surface area contributed by atoms with Crippen LogP contribution in [0, 0.1) is 26.7 Å². The average molecular weight is 389 g/mol. The van der Waals surface area contributed by atoms with Crippen molar-refractivity contribution in [3.05, 3.63) is 77.7 Å². The van der Waals surface area contributed by atoms with E-state index in [4.69, 9.17) is 4.52 Å². The van der Waals surface area contributed by atoms with Crippen LogP contribution in [0.5, 0.6) is 0 Å². The van der Waals surface area contributed by atoms with E-state index >= 15 is 0 Å². The van der Waals surface area contributed by atoms with Crippen molar-refractivity contribution in [3.63, 3.8) is 0 Å². The molecule has 1 aliphatic carbocycles. The summed E-state index contributed by atoms with van der Waals surface area (Å²) in [4.78, 5) is 0. The summed E-state index contributed by atoms with van der Waals surface area (Å²) in [6, 6.07) is 4.87. The number of benzene rings is 1. The summed E-state index contributed by atoms with van der Waals surface area (Å²) in [5.74, 6) is 1.60. The first-order valence-electron chi connectivity index (χ1n) is 10.4. The number of nitrogens with one attached hydrogen (secondary N) is 1. The number of hydrogen-bond donors (Lipinski definition) is 1. The zero-order chi connectivity index (χ0) is 21.1. The Balaban J connectivity index is 2.14. The molecule has 1 fully saturated rings. The summed E-state index contributed by atoms with van der Waals surface area (Å²) >= 11 is 0. The molecule has 1 aromatic carbocycles. The smallest absolute Gasteiger partial charge is 0.141 e. The number of allylic oxidation sites excluding steroid dienone is 6. The topological polar surface area (TPSA) is 38.1 Å². The van der Waals surface area contributed by atoms with Crippen molar-refractivity contribution in [2.24, 2.45) is 5.92 Å². The number of nitrogens with zero attached hydrogens (tertiary/aromatic N) is 1. The molecule has 1 N–H and O–H groups in total. The van der Waals surface area contributed by atoms with Crippen LogP contribution in [0.1, 0.15) is 49.3 Å². The van der Waals surface area contributed by atoms with E-state index in [2.05, 4.69) is 55.7 Å². The number of aryl methyl sites for hydroxylation is 2. The van der Waals surface area contributed by atoms with Crippen LogP contribution in [0.4, 0.5) is 5.69 Å². The van der Waals surface area contributed by atoms with Gasteiger partial charge in [0, 0.05) is 17.3 Å². The van der Waals surface area contributed by atoms with Gasteiger partial charge < -0.3 is 9.84 Å². The van der Waals surface area contributed by atoms with E-state index in [-0.39, 0.29) is 0 Å². The van der Waals surface area contributed by atoms with Crippen molar-refractivity contribution in [3.8, 4) is 11.1 Å². The summed E-state index contributed by atoms with van der Waals surface area (Å²) in [7, 11) is 0. The van der Waals surface area contributed by atoms with Crippen LogP contribution in [0.3, 0.4) is 0 Å². The minimum absolute atomic E-state index is 0.451. The van der Waals surface area contributed by atoms with Gasteiger partial charge in [-0.15, -0.1) is 0 Å². The second-order valence-electron chi connectivity index (χ2n) is 8.00. The Labute approximate surface area is 174 Å². The molecule has 152 valence electrons. The van der Waals surface area contributed by atoms with Gasteiger partial charge in [-0.05, 0) is 93.3 Å². The number of anilines is 1. The quantitative estimate of drug-likeness (QED) is 0.487. The van der Waals surface area contributed by atoms with Crippen LogP contribution in [0.25, 0.3) is 16.7 Å². The lowest BCUT2D eigenvalue weighted by Gasteiger charge is -2.21. The van der Waals surface area contributed by atoms with E-state index in [1.165, 1.54) is 18.4 Å². The molecule has 0 saturated heterocycles. The maximum atomic E-state index is 5.44. The SMILES string of the molecule is C=CC(=CC=CC)C(=C)c1cc(-c2c(C)noc2C)cc(NC(C)C2CC2)c1C. The van der Waals surface area contributed by atoms with E-state index in [0.717, 1.165) is 50.9 Å². The Morgan fingerprint density at radius 3 is 2.55 bits per heavy atom. The number of aromatic nitrogens is 1. The first-order valence-corrected chi connectivity index (χ1v) is 10.4. The predicted octanol–water partition coefficient (Wildman–Crippen LogP) is 7.18. The summed E-state index contributed by atoms with van der Waals surface area (Å²) < 4.78 is 5.44. The minimum Gasteiger partial charge on any atom is -0.382 e. The highest BCUT2D eigenvalue weighted by Gasteiger charge is 2.28. The molecule has 0 radical (unpaired) electrons. The van der Waals surface area contributed by atoms with Crippen molar-refractivity contribution in [2.45, 2.75) is 53.5 Å². The molecular formula is C26H32N2O. The highest BCUT2D eigenvalue weighted by Crippen LogP contribution is 2.39. The molecule has 1 aliphatic rings. The van der Waals surface area contributed by atoms with Crippen molar-refractivity contribution < 1.29 is 4.52 Å². The minimum atomic E-state index is 0.451. The van der Waals surface area contributed by atoms with Crippen molar-refractivity contribution >= 4 is 11.3 Å². The van der Waals surface area contributed by atoms with Gasteiger partial charge in [-0.3, -0.25) is 0 Å². The molecule has 1 atom stereocenters. The molecule has 1 saturated carbocycles. The Morgan fingerprint density at radius 1 is 1.28 bits per heavy atom. The summed E-state index contributed by atoms with van der Waals surface area (Å²) in [5, 5.41) is 7.91. The third-order valence-corrected chi connectivity index (χ3v) is 5.80. The van der Waals surface area contributed by atoms with Crippen molar-refractivity contribution in [2.75, 3.05) is 5.32 Å².